The number of carbonyl (C=O) groups excluding carboxylic acids is 2. The molecule has 3 rings (SSSR count). The van der Waals surface area contributed by atoms with Crippen LogP contribution < -0.4 is 4.90 Å². The summed E-state index contributed by atoms with van der Waals surface area (Å²) in [6.07, 6.45) is -0.782. The first-order chi connectivity index (χ1) is 13.8. The lowest BCUT2D eigenvalue weighted by Gasteiger charge is -2.39. The maximum absolute atomic E-state index is 13.1. The summed E-state index contributed by atoms with van der Waals surface area (Å²) in [5.74, 6) is -5.03. The molecule has 2 heterocycles. The number of anilines is 1. The molecule has 0 radical (unpaired) electrons. The Kier molecular flexibility index (Phi) is 6.74. The van der Waals surface area contributed by atoms with E-state index in [0.29, 0.717) is 30.5 Å². The summed E-state index contributed by atoms with van der Waals surface area (Å²) in [4.78, 5) is 39.5. The smallest absolute Gasteiger partial charge is 0.310 e. The average molecular weight is 427 g/mol. The second kappa shape index (κ2) is 9.08. The second-order valence-electron chi connectivity index (χ2n) is 6.89. The highest BCUT2D eigenvalue weighted by molar-refractivity contribution is 6.31. The molecule has 29 heavy (non-hydrogen) atoms. The molecular weight excluding hydrogens is 404 g/mol. The van der Waals surface area contributed by atoms with Crippen LogP contribution in [0.3, 0.4) is 0 Å². The lowest BCUT2D eigenvalue weighted by Crippen LogP contribution is -2.59. The minimum absolute atomic E-state index is 0.0216. The number of carboxylic acids is 1. The molecular formula is C19H23ClN2O7. The van der Waals surface area contributed by atoms with Gasteiger partial charge in [0.05, 0.1) is 19.8 Å². The van der Waals surface area contributed by atoms with Crippen molar-refractivity contribution >= 4 is 35.1 Å². The summed E-state index contributed by atoms with van der Waals surface area (Å²) < 4.78 is 15.8. The zero-order valence-electron chi connectivity index (χ0n) is 16.1. The summed E-state index contributed by atoms with van der Waals surface area (Å²) in [6.45, 7) is 4.78. The number of carbonyl (C=O) groups is 3. The minimum Gasteiger partial charge on any atom is -0.481 e. The highest BCUT2D eigenvalue weighted by Gasteiger charge is 2.51. The number of rotatable bonds is 6. The van der Waals surface area contributed by atoms with Crippen molar-refractivity contribution in [2.24, 2.45) is 0 Å². The van der Waals surface area contributed by atoms with E-state index in [1.165, 1.54) is 4.90 Å². The monoisotopic (exact) mass is 426 g/mol. The van der Waals surface area contributed by atoms with E-state index in [4.69, 9.17) is 25.8 Å². The molecule has 10 heteroatoms. The quantitative estimate of drug-likeness (QED) is 0.678. The standard InChI is InChI=1S/C19H23ClN2O7/c1-13(23)29-19(11-17(24)25)18(26)22(6-9-28-19)15-2-3-16(20)14(10-15)12-21-4-7-27-8-5-21/h2-3,10H,4-9,11-12H2,1H3,(H,24,25)/t19-/m1/s1. The number of aliphatic carboxylic acids is 1. The van der Waals surface area contributed by atoms with Crippen LogP contribution in [-0.4, -0.2) is 73.1 Å². The number of ether oxygens (including phenoxy) is 3. The van der Waals surface area contributed by atoms with Crippen LogP contribution in [0.5, 0.6) is 0 Å². The van der Waals surface area contributed by atoms with Crippen LogP contribution in [0, 0.1) is 0 Å². The predicted molar refractivity (Wildman–Crippen MR) is 103 cm³/mol. The SMILES string of the molecule is CC(=O)O[C@@]1(CC(=O)O)OCCN(c2ccc(Cl)c(CN3CCOCC3)c2)C1=O. The lowest BCUT2D eigenvalue weighted by atomic mass is 10.1. The number of amides is 1. The molecule has 2 aliphatic heterocycles. The number of esters is 1. The van der Waals surface area contributed by atoms with Gasteiger partial charge in [0.1, 0.15) is 6.42 Å². The molecule has 1 aromatic rings. The van der Waals surface area contributed by atoms with Crippen molar-refractivity contribution in [3.05, 3.63) is 28.8 Å². The Bertz CT molecular complexity index is 779. The van der Waals surface area contributed by atoms with Crippen LogP contribution >= 0.6 is 11.6 Å². The van der Waals surface area contributed by atoms with E-state index in [-0.39, 0.29) is 13.2 Å². The van der Waals surface area contributed by atoms with Crippen molar-refractivity contribution in [2.45, 2.75) is 25.7 Å². The van der Waals surface area contributed by atoms with Crippen molar-refractivity contribution in [2.75, 3.05) is 44.4 Å². The first-order valence-corrected chi connectivity index (χ1v) is 9.64. The van der Waals surface area contributed by atoms with Gasteiger partial charge in [0, 0.05) is 43.8 Å². The molecule has 0 aliphatic carbocycles. The summed E-state index contributed by atoms with van der Waals surface area (Å²) in [5, 5.41) is 9.77. The molecule has 158 valence electrons. The fourth-order valence-corrected chi connectivity index (χ4v) is 3.61. The van der Waals surface area contributed by atoms with E-state index < -0.39 is 30.1 Å². The van der Waals surface area contributed by atoms with Gasteiger partial charge in [0.2, 0.25) is 0 Å². The predicted octanol–water partition coefficient (Wildman–Crippen LogP) is 1.27. The van der Waals surface area contributed by atoms with Crippen LogP contribution in [0.4, 0.5) is 5.69 Å². The number of halogens is 1. The van der Waals surface area contributed by atoms with Crippen LogP contribution in [0.2, 0.25) is 5.02 Å². The van der Waals surface area contributed by atoms with E-state index in [1.807, 2.05) is 0 Å². The summed E-state index contributed by atoms with van der Waals surface area (Å²) in [6, 6.07) is 5.16. The summed E-state index contributed by atoms with van der Waals surface area (Å²) >= 11 is 6.35. The number of nitrogens with zero attached hydrogens (tertiary/aromatic N) is 2. The Morgan fingerprint density at radius 3 is 2.62 bits per heavy atom. The molecule has 0 aromatic heterocycles. The Morgan fingerprint density at radius 2 is 1.97 bits per heavy atom. The van der Waals surface area contributed by atoms with Gasteiger partial charge in [-0.15, -0.1) is 0 Å². The molecule has 9 nitrogen and oxygen atoms in total. The van der Waals surface area contributed by atoms with Crippen LogP contribution in [0.15, 0.2) is 18.2 Å². The average Bonchev–Trinajstić information content (AvgIpc) is 2.66. The molecule has 0 bridgehead atoms. The van der Waals surface area contributed by atoms with Gasteiger partial charge in [-0.05, 0) is 23.8 Å². The third kappa shape index (κ3) is 5.05. The molecule has 0 unspecified atom stereocenters. The topological polar surface area (TPSA) is 106 Å². The third-order valence-electron chi connectivity index (χ3n) is 4.75. The molecule has 0 saturated carbocycles. The highest BCUT2D eigenvalue weighted by Crippen LogP contribution is 2.31. The fourth-order valence-electron chi connectivity index (χ4n) is 3.43. The molecule has 2 aliphatic rings. The molecule has 1 aromatic carbocycles. The number of carboxylic acid groups (broad SMARTS) is 1. The first kappa shape index (κ1) is 21.5. The van der Waals surface area contributed by atoms with Crippen molar-refractivity contribution in [1.29, 1.82) is 0 Å². The van der Waals surface area contributed by atoms with E-state index in [2.05, 4.69) is 4.90 Å². The van der Waals surface area contributed by atoms with Crippen LogP contribution in [-0.2, 0) is 35.1 Å². The summed E-state index contributed by atoms with van der Waals surface area (Å²) in [7, 11) is 0. The Labute approximate surface area is 173 Å². The maximum atomic E-state index is 13.1. The zero-order valence-corrected chi connectivity index (χ0v) is 16.8. The van der Waals surface area contributed by atoms with Gasteiger partial charge in [-0.1, -0.05) is 11.6 Å². The normalized spacial score (nSPS) is 23.1. The van der Waals surface area contributed by atoms with Crippen LogP contribution in [0.25, 0.3) is 0 Å². The Balaban J connectivity index is 1.86. The fraction of sp³-hybridized carbons (Fsp3) is 0.526. The van der Waals surface area contributed by atoms with Gasteiger partial charge in [-0.2, -0.15) is 0 Å². The van der Waals surface area contributed by atoms with E-state index in [9.17, 15) is 19.5 Å². The van der Waals surface area contributed by atoms with Gasteiger partial charge in [-0.25, -0.2) is 0 Å². The molecule has 1 N–H and O–H groups in total. The molecule has 2 saturated heterocycles. The minimum atomic E-state index is -2.18. The molecule has 1 atom stereocenters. The zero-order chi connectivity index (χ0) is 21.0. The van der Waals surface area contributed by atoms with E-state index >= 15 is 0 Å². The Morgan fingerprint density at radius 1 is 1.24 bits per heavy atom. The van der Waals surface area contributed by atoms with Crippen molar-refractivity contribution in [1.82, 2.24) is 4.90 Å². The van der Waals surface area contributed by atoms with E-state index in [1.54, 1.807) is 18.2 Å². The number of hydrogen-bond donors (Lipinski definition) is 1. The number of benzene rings is 1. The van der Waals surface area contributed by atoms with Crippen molar-refractivity contribution < 1.29 is 33.7 Å². The third-order valence-corrected chi connectivity index (χ3v) is 5.12. The summed E-state index contributed by atoms with van der Waals surface area (Å²) in [5.41, 5.74) is 1.37. The van der Waals surface area contributed by atoms with Gasteiger partial charge in [-0.3, -0.25) is 19.3 Å². The van der Waals surface area contributed by atoms with Crippen molar-refractivity contribution in [3.63, 3.8) is 0 Å². The van der Waals surface area contributed by atoms with Gasteiger partial charge < -0.3 is 24.2 Å². The van der Waals surface area contributed by atoms with Crippen molar-refractivity contribution in [3.8, 4) is 0 Å². The van der Waals surface area contributed by atoms with Gasteiger partial charge in [0.25, 0.3) is 0 Å². The molecule has 0 spiro atoms. The van der Waals surface area contributed by atoms with Crippen LogP contribution in [0.1, 0.15) is 18.9 Å². The Hall–Kier alpha value is -2.20. The van der Waals surface area contributed by atoms with Gasteiger partial charge in [0.15, 0.2) is 0 Å². The lowest BCUT2D eigenvalue weighted by molar-refractivity contribution is -0.234. The number of hydrogen-bond acceptors (Lipinski definition) is 7. The van der Waals surface area contributed by atoms with Gasteiger partial charge >= 0.3 is 23.6 Å². The largest absolute Gasteiger partial charge is 0.481 e. The van der Waals surface area contributed by atoms with E-state index in [0.717, 1.165) is 25.6 Å². The molecule has 1 amide bonds. The second-order valence-corrected chi connectivity index (χ2v) is 7.29. The first-order valence-electron chi connectivity index (χ1n) is 9.26. The maximum Gasteiger partial charge on any atom is 0.310 e. The molecule has 2 fully saturated rings. The highest BCUT2D eigenvalue weighted by atomic mass is 35.5. The number of morpholine rings is 2.